The number of carbonyl (C=O) groups is 3. The van der Waals surface area contributed by atoms with Crippen molar-refractivity contribution in [3.05, 3.63) is 64.7 Å². The maximum absolute atomic E-state index is 12.4. The lowest BCUT2D eigenvalue weighted by Crippen LogP contribution is -2.31. The Balaban J connectivity index is 1.51. The van der Waals surface area contributed by atoms with E-state index in [0.29, 0.717) is 6.54 Å². The highest BCUT2D eigenvalue weighted by Crippen LogP contribution is 2.29. The van der Waals surface area contributed by atoms with E-state index in [0.717, 1.165) is 27.9 Å². The molecule has 0 spiro atoms. The number of nitrogens with one attached hydrogen (secondary N) is 1. The Labute approximate surface area is 170 Å². The van der Waals surface area contributed by atoms with Gasteiger partial charge in [0, 0.05) is 25.2 Å². The smallest absolute Gasteiger partial charge is 0.311 e. The van der Waals surface area contributed by atoms with Crippen molar-refractivity contribution in [3.8, 4) is 0 Å². The van der Waals surface area contributed by atoms with Crippen molar-refractivity contribution in [3.63, 3.8) is 0 Å². The average molecular weight is 394 g/mol. The minimum atomic E-state index is -0.563. The largest absolute Gasteiger partial charge is 0.455 e. The summed E-state index contributed by atoms with van der Waals surface area (Å²) in [5.41, 5.74) is 5.02. The normalized spacial score (nSPS) is 16.0. The van der Waals surface area contributed by atoms with Gasteiger partial charge in [0.05, 0.1) is 5.92 Å². The predicted molar refractivity (Wildman–Crippen MR) is 110 cm³/mol. The number of carbonyl (C=O) groups excluding carboxylic acids is 3. The molecule has 6 heteroatoms. The van der Waals surface area contributed by atoms with Gasteiger partial charge in [-0.25, -0.2) is 0 Å². The zero-order valence-electron chi connectivity index (χ0n) is 17.0. The summed E-state index contributed by atoms with van der Waals surface area (Å²) in [4.78, 5) is 38.4. The first kappa shape index (κ1) is 20.6. The van der Waals surface area contributed by atoms with E-state index in [2.05, 4.69) is 5.32 Å². The van der Waals surface area contributed by atoms with E-state index in [9.17, 15) is 14.4 Å². The van der Waals surface area contributed by atoms with Crippen LogP contribution in [0.5, 0.6) is 0 Å². The van der Waals surface area contributed by atoms with Crippen LogP contribution in [0.25, 0.3) is 0 Å². The van der Waals surface area contributed by atoms with Crippen LogP contribution in [-0.4, -0.2) is 30.9 Å². The number of esters is 1. The second-order valence-corrected chi connectivity index (χ2v) is 7.44. The molecule has 1 atom stereocenters. The molecule has 1 N–H and O–H groups in total. The molecule has 0 aliphatic carbocycles. The molecule has 1 aliphatic rings. The third kappa shape index (κ3) is 4.83. The van der Waals surface area contributed by atoms with E-state index >= 15 is 0 Å². The summed E-state index contributed by atoms with van der Waals surface area (Å²) in [5.74, 6) is -1.55. The third-order valence-corrected chi connectivity index (χ3v) is 5.41. The van der Waals surface area contributed by atoms with E-state index in [4.69, 9.17) is 4.74 Å². The maximum Gasteiger partial charge on any atom is 0.311 e. The standard InChI is InChI=1S/C23H26N2O4/c1-15-8-6-10-20(17(15)3)25-13-19(11-22(25)27)23(28)29-14-21(26)24-12-18-9-5-4-7-16(18)2/h4-10,19H,11-14H2,1-3H3,(H,24,26)/t19-/m0/s1. The first-order valence-electron chi connectivity index (χ1n) is 9.71. The van der Waals surface area contributed by atoms with Crippen molar-refractivity contribution in [1.29, 1.82) is 0 Å². The van der Waals surface area contributed by atoms with Crippen molar-refractivity contribution < 1.29 is 19.1 Å². The van der Waals surface area contributed by atoms with Crippen LogP contribution in [0.1, 0.15) is 28.7 Å². The average Bonchev–Trinajstić information content (AvgIpc) is 3.09. The second kappa shape index (κ2) is 8.90. The summed E-state index contributed by atoms with van der Waals surface area (Å²) < 4.78 is 5.16. The fourth-order valence-corrected chi connectivity index (χ4v) is 3.43. The van der Waals surface area contributed by atoms with Crippen LogP contribution in [-0.2, 0) is 25.7 Å². The van der Waals surface area contributed by atoms with Gasteiger partial charge < -0.3 is 15.0 Å². The Kier molecular flexibility index (Phi) is 6.32. The Morgan fingerprint density at radius 1 is 1.07 bits per heavy atom. The van der Waals surface area contributed by atoms with Crippen LogP contribution in [0.2, 0.25) is 0 Å². The summed E-state index contributed by atoms with van der Waals surface area (Å²) in [6.45, 7) is 6.22. The Bertz CT molecular complexity index is 938. The van der Waals surface area contributed by atoms with E-state index in [1.165, 1.54) is 0 Å². The van der Waals surface area contributed by atoms with Crippen molar-refractivity contribution in [2.45, 2.75) is 33.7 Å². The lowest BCUT2D eigenvalue weighted by molar-refractivity contribution is -0.152. The van der Waals surface area contributed by atoms with Crippen LogP contribution < -0.4 is 10.2 Å². The maximum atomic E-state index is 12.4. The van der Waals surface area contributed by atoms with Gasteiger partial charge in [0.15, 0.2) is 6.61 Å². The molecule has 3 rings (SSSR count). The first-order valence-corrected chi connectivity index (χ1v) is 9.71. The van der Waals surface area contributed by atoms with Gasteiger partial charge in [-0.3, -0.25) is 14.4 Å². The van der Waals surface area contributed by atoms with E-state index in [-0.39, 0.29) is 31.4 Å². The highest BCUT2D eigenvalue weighted by Gasteiger charge is 2.37. The van der Waals surface area contributed by atoms with Gasteiger partial charge in [-0.05, 0) is 49.1 Å². The second-order valence-electron chi connectivity index (χ2n) is 7.44. The molecular formula is C23H26N2O4. The zero-order valence-corrected chi connectivity index (χ0v) is 17.0. The van der Waals surface area contributed by atoms with Gasteiger partial charge in [-0.1, -0.05) is 36.4 Å². The van der Waals surface area contributed by atoms with Gasteiger partial charge in [-0.15, -0.1) is 0 Å². The molecular weight excluding hydrogens is 368 g/mol. The Morgan fingerprint density at radius 3 is 2.55 bits per heavy atom. The van der Waals surface area contributed by atoms with Gasteiger partial charge in [0.25, 0.3) is 5.91 Å². The summed E-state index contributed by atoms with van der Waals surface area (Å²) in [5, 5.41) is 2.75. The van der Waals surface area contributed by atoms with Crippen molar-refractivity contribution in [1.82, 2.24) is 5.32 Å². The van der Waals surface area contributed by atoms with Crippen molar-refractivity contribution in [2.75, 3.05) is 18.1 Å². The van der Waals surface area contributed by atoms with E-state index < -0.39 is 11.9 Å². The number of hydrogen-bond acceptors (Lipinski definition) is 4. The molecule has 2 aromatic carbocycles. The Morgan fingerprint density at radius 2 is 1.79 bits per heavy atom. The van der Waals surface area contributed by atoms with Crippen molar-refractivity contribution >= 4 is 23.5 Å². The zero-order chi connectivity index (χ0) is 21.0. The summed E-state index contributed by atoms with van der Waals surface area (Å²) in [7, 11) is 0. The minimum absolute atomic E-state index is 0.0943. The molecule has 0 radical (unpaired) electrons. The quantitative estimate of drug-likeness (QED) is 0.765. The van der Waals surface area contributed by atoms with Crippen LogP contribution in [0.4, 0.5) is 5.69 Å². The molecule has 0 bridgehead atoms. The number of amides is 2. The molecule has 2 aromatic rings. The van der Waals surface area contributed by atoms with Gasteiger partial charge in [-0.2, -0.15) is 0 Å². The number of nitrogens with zero attached hydrogens (tertiary/aromatic N) is 1. The van der Waals surface area contributed by atoms with Gasteiger partial charge in [0.1, 0.15) is 0 Å². The molecule has 1 aliphatic heterocycles. The van der Waals surface area contributed by atoms with Crippen molar-refractivity contribution in [2.24, 2.45) is 5.92 Å². The number of rotatable bonds is 6. The topological polar surface area (TPSA) is 75.7 Å². The molecule has 0 unspecified atom stereocenters. The molecule has 1 saturated heterocycles. The fraction of sp³-hybridized carbons (Fsp3) is 0.348. The number of benzene rings is 2. The fourth-order valence-electron chi connectivity index (χ4n) is 3.43. The lowest BCUT2D eigenvalue weighted by atomic mass is 10.1. The first-order chi connectivity index (χ1) is 13.9. The molecule has 0 aromatic heterocycles. The summed E-state index contributed by atoms with van der Waals surface area (Å²) >= 11 is 0. The molecule has 152 valence electrons. The Hall–Kier alpha value is -3.15. The van der Waals surface area contributed by atoms with E-state index in [1.807, 2.05) is 63.2 Å². The molecule has 6 nitrogen and oxygen atoms in total. The van der Waals surface area contributed by atoms with Gasteiger partial charge >= 0.3 is 5.97 Å². The van der Waals surface area contributed by atoms with Crippen LogP contribution in [0.3, 0.4) is 0 Å². The van der Waals surface area contributed by atoms with Crippen LogP contribution in [0.15, 0.2) is 42.5 Å². The third-order valence-electron chi connectivity index (χ3n) is 5.41. The lowest BCUT2D eigenvalue weighted by Gasteiger charge is -2.20. The van der Waals surface area contributed by atoms with Gasteiger partial charge in [0.2, 0.25) is 5.91 Å². The predicted octanol–water partition coefficient (Wildman–Crippen LogP) is 2.82. The molecule has 1 heterocycles. The number of ether oxygens (including phenoxy) is 1. The number of anilines is 1. The summed E-state index contributed by atoms with van der Waals surface area (Å²) in [6, 6.07) is 13.5. The SMILES string of the molecule is Cc1ccccc1CNC(=O)COC(=O)[C@H]1CC(=O)N(c2cccc(C)c2C)C1. The number of aryl methyl sites for hydroxylation is 2. The monoisotopic (exact) mass is 394 g/mol. The molecule has 1 fully saturated rings. The summed E-state index contributed by atoms with van der Waals surface area (Å²) in [6.07, 6.45) is 0.0943. The molecule has 29 heavy (non-hydrogen) atoms. The molecule has 0 saturated carbocycles. The van der Waals surface area contributed by atoms with E-state index in [1.54, 1.807) is 4.90 Å². The van der Waals surface area contributed by atoms with Crippen LogP contribution in [0, 0.1) is 26.7 Å². The van der Waals surface area contributed by atoms with Crippen LogP contribution >= 0.6 is 0 Å². The molecule has 2 amide bonds. The number of hydrogen-bond donors (Lipinski definition) is 1. The highest BCUT2D eigenvalue weighted by atomic mass is 16.5. The minimum Gasteiger partial charge on any atom is -0.455 e. The highest BCUT2D eigenvalue weighted by molar-refractivity contribution is 6.00.